The molecule has 0 aromatic heterocycles. The summed E-state index contributed by atoms with van der Waals surface area (Å²) in [5, 5.41) is 8.33. The Hall–Kier alpha value is -1.47. The average Bonchev–Trinajstić information content (AvgIpc) is 2.46. The lowest BCUT2D eigenvalue weighted by atomic mass is 10.1. The van der Waals surface area contributed by atoms with E-state index >= 15 is 0 Å². The molecule has 7 heteroatoms. The SMILES string of the molecule is CCC(C)COCCOCCOC(=O)CCC(=O)C(=O)O. The number of Topliss-reactive ketones (excluding diaryl/α,β-unsaturated/α-hetero) is 1. The predicted octanol–water partition coefficient (Wildman–Crippen LogP) is 1.04. The number of esters is 1. The van der Waals surface area contributed by atoms with Gasteiger partial charge in [-0.05, 0) is 5.92 Å². The maximum Gasteiger partial charge on any atom is 0.372 e. The van der Waals surface area contributed by atoms with Crippen LogP contribution in [-0.4, -0.2) is 55.9 Å². The zero-order chi connectivity index (χ0) is 16.1. The number of carboxylic acids is 1. The van der Waals surface area contributed by atoms with E-state index in [0.29, 0.717) is 25.7 Å². The molecular weight excluding hydrogens is 280 g/mol. The van der Waals surface area contributed by atoms with Crippen molar-refractivity contribution in [3.8, 4) is 0 Å². The summed E-state index contributed by atoms with van der Waals surface area (Å²) in [5.74, 6) is -2.62. The highest BCUT2D eigenvalue weighted by molar-refractivity contribution is 6.32. The normalized spacial score (nSPS) is 11.9. The first-order valence-corrected chi connectivity index (χ1v) is 7.04. The fraction of sp³-hybridized carbons (Fsp3) is 0.786. The summed E-state index contributed by atoms with van der Waals surface area (Å²) < 4.78 is 15.4. The van der Waals surface area contributed by atoms with Crippen LogP contribution in [-0.2, 0) is 28.6 Å². The van der Waals surface area contributed by atoms with Crippen molar-refractivity contribution in [2.45, 2.75) is 33.1 Å². The van der Waals surface area contributed by atoms with Gasteiger partial charge in [-0.2, -0.15) is 0 Å². The zero-order valence-electron chi connectivity index (χ0n) is 12.6. The van der Waals surface area contributed by atoms with Crippen molar-refractivity contribution in [2.24, 2.45) is 5.92 Å². The van der Waals surface area contributed by atoms with Crippen molar-refractivity contribution in [3.63, 3.8) is 0 Å². The Morgan fingerprint density at radius 2 is 1.62 bits per heavy atom. The quantitative estimate of drug-likeness (QED) is 0.308. The van der Waals surface area contributed by atoms with Crippen molar-refractivity contribution in [1.82, 2.24) is 0 Å². The number of carbonyl (C=O) groups excluding carboxylic acids is 2. The van der Waals surface area contributed by atoms with Gasteiger partial charge in [-0.25, -0.2) is 4.79 Å². The number of aliphatic carboxylic acids is 1. The van der Waals surface area contributed by atoms with Gasteiger partial charge in [0.05, 0.1) is 26.2 Å². The first-order valence-electron chi connectivity index (χ1n) is 7.04. The van der Waals surface area contributed by atoms with Gasteiger partial charge >= 0.3 is 11.9 Å². The van der Waals surface area contributed by atoms with Crippen LogP contribution in [0.2, 0.25) is 0 Å². The topological polar surface area (TPSA) is 99.1 Å². The van der Waals surface area contributed by atoms with E-state index in [1.165, 1.54) is 0 Å². The smallest absolute Gasteiger partial charge is 0.372 e. The lowest BCUT2D eigenvalue weighted by Gasteiger charge is -2.09. The van der Waals surface area contributed by atoms with E-state index < -0.39 is 17.7 Å². The van der Waals surface area contributed by atoms with Gasteiger partial charge in [0.1, 0.15) is 6.61 Å². The van der Waals surface area contributed by atoms with Crippen LogP contribution >= 0.6 is 0 Å². The van der Waals surface area contributed by atoms with E-state index in [4.69, 9.17) is 19.3 Å². The second kappa shape index (κ2) is 12.3. The number of hydrogen-bond acceptors (Lipinski definition) is 6. The van der Waals surface area contributed by atoms with Crippen LogP contribution in [0.3, 0.4) is 0 Å². The highest BCUT2D eigenvalue weighted by atomic mass is 16.6. The van der Waals surface area contributed by atoms with Crippen molar-refractivity contribution in [2.75, 3.05) is 33.0 Å². The third-order valence-electron chi connectivity index (χ3n) is 2.76. The monoisotopic (exact) mass is 304 g/mol. The summed E-state index contributed by atoms with van der Waals surface area (Å²) in [4.78, 5) is 32.1. The van der Waals surface area contributed by atoms with E-state index in [-0.39, 0.29) is 26.1 Å². The Morgan fingerprint density at radius 1 is 1.00 bits per heavy atom. The molecule has 0 saturated heterocycles. The number of rotatable bonds is 13. The lowest BCUT2D eigenvalue weighted by molar-refractivity contribution is -0.151. The van der Waals surface area contributed by atoms with Crippen LogP contribution in [0.1, 0.15) is 33.1 Å². The third kappa shape index (κ3) is 12.0. The van der Waals surface area contributed by atoms with Gasteiger partial charge in [0.15, 0.2) is 0 Å². The Kier molecular flexibility index (Phi) is 11.4. The minimum Gasteiger partial charge on any atom is -0.476 e. The predicted molar refractivity (Wildman–Crippen MR) is 73.9 cm³/mol. The maximum atomic E-state index is 11.2. The largest absolute Gasteiger partial charge is 0.476 e. The lowest BCUT2D eigenvalue weighted by Crippen LogP contribution is -2.17. The minimum absolute atomic E-state index is 0.0749. The Balaban J connectivity index is 3.36. The molecule has 0 aliphatic heterocycles. The molecule has 1 atom stereocenters. The maximum absolute atomic E-state index is 11.2. The molecule has 122 valence electrons. The zero-order valence-corrected chi connectivity index (χ0v) is 12.6. The molecule has 0 spiro atoms. The fourth-order valence-corrected chi connectivity index (χ4v) is 1.23. The molecule has 21 heavy (non-hydrogen) atoms. The number of carboxylic acid groups (broad SMARTS) is 1. The van der Waals surface area contributed by atoms with Crippen LogP contribution in [0.5, 0.6) is 0 Å². The van der Waals surface area contributed by atoms with Crippen molar-refractivity contribution in [1.29, 1.82) is 0 Å². The van der Waals surface area contributed by atoms with Crippen LogP contribution in [0.15, 0.2) is 0 Å². The van der Waals surface area contributed by atoms with Gasteiger partial charge in [-0.15, -0.1) is 0 Å². The molecule has 0 heterocycles. The number of carbonyl (C=O) groups is 3. The summed E-state index contributed by atoms with van der Waals surface area (Å²) in [6.45, 7) is 6.14. The van der Waals surface area contributed by atoms with Crippen molar-refractivity contribution in [3.05, 3.63) is 0 Å². The molecule has 0 fully saturated rings. The number of ether oxygens (including phenoxy) is 3. The number of ketones is 1. The Morgan fingerprint density at radius 3 is 2.24 bits per heavy atom. The average molecular weight is 304 g/mol. The summed E-state index contributed by atoms with van der Waals surface area (Å²) in [6, 6.07) is 0. The summed E-state index contributed by atoms with van der Waals surface area (Å²) in [5.41, 5.74) is 0. The molecule has 0 aliphatic rings. The number of hydrogen-bond donors (Lipinski definition) is 1. The van der Waals surface area contributed by atoms with Gasteiger partial charge in [-0.3, -0.25) is 9.59 Å². The second-order valence-corrected chi connectivity index (χ2v) is 4.65. The molecule has 0 aromatic carbocycles. The highest BCUT2D eigenvalue weighted by Gasteiger charge is 2.14. The molecule has 0 aromatic rings. The van der Waals surface area contributed by atoms with Gasteiger partial charge in [0, 0.05) is 13.0 Å². The Labute approximate surface area is 124 Å². The summed E-state index contributed by atoms with van der Waals surface area (Å²) in [6.07, 6.45) is 0.489. The van der Waals surface area contributed by atoms with Crippen LogP contribution in [0.4, 0.5) is 0 Å². The molecule has 0 rings (SSSR count). The third-order valence-corrected chi connectivity index (χ3v) is 2.76. The molecule has 1 unspecified atom stereocenters. The van der Waals surface area contributed by atoms with E-state index in [0.717, 1.165) is 6.42 Å². The van der Waals surface area contributed by atoms with Crippen molar-refractivity contribution < 1.29 is 33.7 Å². The molecule has 0 bridgehead atoms. The van der Waals surface area contributed by atoms with E-state index in [2.05, 4.69) is 13.8 Å². The molecule has 0 amide bonds. The van der Waals surface area contributed by atoms with Crippen LogP contribution in [0.25, 0.3) is 0 Å². The molecule has 7 nitrogen and oxygen atoms in total. The summed E-state index contributed by atoms with van der Waals surface area (Å²) >= 11 is 0. The van der Waals surface area contributed by atoms with Crippen LogP contribution in [0, 0.1) is 5.92 Å². The van der Waals surface area contributed by atoms with E-state index in [9.17, 15) is 14.4 Å². The first-order chi connectivity index (χ1) is 9.97. The van der Waals surface area contributed by atoms with E-state index in [1.807, 2.05) is 0 Å². The molecule has 0 aliphatic carbocycles. The fourth-order valence-electron chi connectivity index (χ4n) is 1.23. The highest BCUT2D eigenvalue weighted by Crippen LogP contribution is 2.00. The van der Waals surface area contributed by atoms with Gasteiger partial charge < -0.3 is 19.3 Å². The molecule has 0 saturated carbocycles. The van der Waals surface area contributed by atoms with Crippen LogP contribution < -0.4 is 0 Å². The van der Waals surface area contributed by atoms with Gasteiger partial charge in [0.2, 0.25) is 5.78 Å². The van der Waals surface area contributed by atoms with Gasteiger partial charge in [-0.1, -0.05) is 20.3 Å². The molecular formula is C14H24O7. The first kappa shape index (κ1) is 19.5. The second-order valence-electron chi connectivity index (χ2n) is 4.65. The Bertz CT molecular complexity index is 327. The minimum atomic E-state index is -1.54. The van der Waals surface area contributed by atoms with Gasteiger partial charge in [0.25, 0.3) is 0 Å². The van der Waals surface area contributed by atoms with Crippen molar-refractivity contribution >= 4 is 17.7 Å². The summed E-state index contributed by atoms with van der Waals surface area (Å²) in [7, 11) is 0. The molecule has 1 N–H and O–H groups in total. The van der Waals surface area contributed by atoms with E-state index in [1.54, 1.807) is 0 Å². The standard InChI is InChI=1S/C14H24O7/c1-3-11(2)10-20-7-6-19-8-9-21-13(16)5-4-12(15)14(17)18/h11H,3-10H2,1-2H3,(H,17,18). The molecule has 0 radical (unpaired) electrons.